The highest BCUT2D eigenvalue weighted by atomic mass is 32.2. The van der Waals surface area contributed by atoms with Crippen molar-refractivity contribution < 1.29 is 26.4 Å². The normalized spacial score (nSPS) is 15.0. The lowest BCUT2D eigenvalue weighted by molar-refractivity contribution is -0.137. The van der Waals surface area contributed by atoms with Crippen molar-refractivity contribution in [2.24, 2.45) is 0 Å². The van der Waals surface area contributed by atoms with Gasteiger partial charge in [-0.2, -0.15) is 13.2 Å². The van der Waals surface area contributed by atoms with E-state index >= 15 is 0 Å². The average Bonchev–Trinajstić information content (AvgIpc) is 3.11. The van der Waals surface area contributed by atoms with Gasteiger partial charge < -0.3 is 4.90 Å². The van der Waals surface area contributed by atoms with Crippen molar-refractivity contribution in [3.8, 4) is 0 Å². The van der Waals surface area contributed by atoms with Gasteiger partial charge >= 0.3 is 11.0 Å². The monoisotopic (exact) mass is 513 g/mol. The lowest BCUT2D eigenvalue weighted by atomic mass is 10.1. The van der Waals surface area contributed by atoms with Crippen LogP contribution < -0.4 is 9.60 Å². The number of hydrogen-bond donors (Lipinski definition) is 1. The molecule has 12 heteroatoms. The van der Waals surface area contributed by atoms with Gasteiger partial charge in [0.15, 0.2) is 0 Å². The Labute approximate surface area is 197 Å². The molecule has 1 fully saturated rings. The van der Waals surface area contributed by atoms with Crippen molar-refractivity contribution in [3.63, 3.8) is 0 Å². The molecule has 2 heterocycles. The molecule has 3 aromatic rings. The summed E-state index contributed by atoms with van der Waals surface area (Å²) in [6.07, 6.45) is -1.39. The largest absolute Gasteiger partial charge is 0.416 e. The summed E-state index contributed by atoms with van der Waals surface area (Å²) >= 11 is 0.850. The van der Waals surface area contributed by atoms with Gasteiger partial charge in [-0.1, -0.05) is 17.4 Å². The third-order valence-electron chi connectivity index (χ3n) is 5.65. The van der Waals surface area contributed by atoms with Crippen molar-refractivity contribution in [1.29, 1.82) is 0 Å². The second-order valence-electron chi connectivity index (χ2n) is 8.02. The molecule has 7 nitrogen and oxygen atoms in total. The minimum Gasteiger partial charge on any atom is -0.343 e. The molecule has 0 unspecified atom stereocenters. The Kier molecular flexibility index (Phi) is 6.72. The summed E-state index contributed by atoms with van der Waals surface area (Å²) in [5, 5.41) is 0. The number of halogens is 3. The van der Waals surface area contributed by atoms with Crippen LogP contribution in [0.2, 0.25) is 0 Å². The molecule has 0 atom stereocenters. The van der Waals surface area contributed by atoms with Gasteiger partial charge in [-0.05, 0) is 55.7 Å². The molecular weight excluding hydrogens is 491 g/mol. The van der Waals surface area contributed by atoms with Gasteiger partial charge in [0, 0.05) is 31.7 Å². The number of likely N-dealkylation sites (tertiary alicyclic amines) is 1. The Bertz CT molecular complexity index is 1370. The van der Waals surface area contributed by atoms with E-state index in [-0.39, 0.29) is 34.3 Å². The standard InChI is InChI=1S/C22H22F3N3O4S2/c23-22(24,25)15-5-4-6-16(13-15)26-34(31,32)17-7-8-18-19(14-17)33-21(30)28(18)12-9-20(29)27-10-2-1-3-11-27/h4-8,13-14,26H,1-3,9-12H2. The highest BCUT2D eigenvalue weighted by Gasteiger charge is 2.31. The molecule has 1 aliphatic rings. The number of fused-ring (bicyclic) bond motifs is 1. The Morgan fingerprint density at radius 3 is 2.50 bits per heavy atom. The number of nitrogens with zero attached hydrogens (tertiary/aromatic N) is 2. The summed E-state index contributed by atoms with van der Waals surface area (Å²) in [7, 11) is -4.19. The fourth-order valence-electron chi connectivity index (χ4n) is 3.91. The number of carbonyl (C=O) groups is 1. The van der Waals surface area contributed by atoms with E-state index in [1.54, 1.807) is 4.90 Å². The molecule has 1 aliphatic heterocycles. The van der Waals surface area contributed by atoms with Crippen LogP contribution in [0.15, 0.2) is 52.2 Å². The predicted octanol–water partition coefficient (Wildman–Crippen LogP) is 4.29. The predicted molar refractivity (Wildman–Crippen MR) is 123 cm³/mol. The summed E-state index contributed by atoms with van der Waals surface area (Å²) in [4.78, 5) is 26.2. The van der Waals surface area contributed by atoms with Crippen LogP contribution in [0.4, 0.5) is 18.9 Å². The SMILES string of the molecule is O=C(CCn1c(=O)sc2cc(S(=O)(=O)Nc3cccc(C(F)(F)F)c3)ccc21)N1CCCCC1. The van der Waals surface area contributed by atoms with E-state index in [4.69, 9.17) is 0 Å². The minimum atomic E-state index is -4.61. The number of sulfonamides is 1. The molecule has 1 N–H and O–H groups in total. The number of benzene rings is 2. The summed E-state index contributed by atoms with van der Waals surface area (Å²) in [5.41, 5.74) is -0.700. The Hall–Kier alpha value is -2.86. The fraction of sp³-hybridized carbons (Fsp3) is 0.364. The molecule has 0 aliphatic carbocycles. The topological polar surface area (TPSA) is 88.5 Å². The number of thiazole rings is 1. The molecule has 182 valence electrons. The Morgan fingerprint density at radius 2 is 1.79 bits per heavy atom. The zero-order valence-corrected chi connectivity index (χ0v) is 19.6. The van der Waals surface area contributed by atoms with Crippen molar-refractivity contribution in [1.82, 2.24) is 9.47 Å². The molecular formula is C22H22F3N3O4S2. The molecule has 2 aromatic carbocycles. The lowest BCUT2D eigenvalue weighted by Crippen LogP contribution is -2.36. The van der Waals surface area contributed by atoms with E-state index in [2.05, 4.69) is 4.72 Å². The number of aromatic nitrogens is 1. The quantitative estimate of drug-likeness (QED) is 0.533. The van der Waals surface area contributed by atoms with E-state index < -0.39 is 21.8 Å². The van der Waals surface area contributed by atoms with Crippen LogP contribution >= 0.6 is 11.3 Å². The van der Waals surface area contributed by atoms with Gasteiger partial charge in [-0.15, -0.1) is 0 Å². The second-order valence-corrected chi connectivity index (χ2v) is 10.7. The van der Waals surface area contributed by atoms with Crippen LogP contribution in [0, 0.1) is 0 Å². The van der Waals surface area contributed by atoms with Crippen LogP contribution in [0.25, 0.3) is 10.2 Å². The van der Waals surface area contributed by atoms with E-state index in [1.165, 1.54) is 28.8 Å². The van der Waals surface area contributed by atoms with Gasteiger partial charge in [-0.3, -0.25) is 18.9 Å². The molecule has 4 rings (SSSR count). The van der Waals surface area contributed by atoms with E-state index in [9.17, 15) is 31.2 Å². The number of anilines is 1. The third-order valence-corrected chi connectivity index (χ3v) is 7.97. The zero-order chi connectivity index (χ0) is 24.5. The lowest BCUT2D eigenvalue weighted by Gasteiger charge is -2.26. The Balaban J connectivity index is 1.53. The number of nitrogens with one attached hydrogen (secondary N) is 1. The molecule has 1 aromatic heterocycles. The van der Waals surface area contributed by atoms with Crippen LogP contribution in [0.3, 0.4) is 0 Å². The fourth-order valence-corrected chi connectivity index (χ4v) is 6.01. The number of rotatable bonds is 6. The number of hydrogen-bond acceptors (Lipinski definition) is 5. The number of piperidine rings is 1. The molecule has 0 saturated carbocycles. The maximum absolute atomic E-state index is 12.9. The molecule has 0 radical (unpaired) electrons. The first kappa shape index (κ1) is 24.3. The van der Waals surface area contributed by atoms with Crippen LogP contribution in [0.5, 0.6) is 0 Å². The summed E-state index contributed by atoms with van der Waals surface area (Å²) in [6.45, 7) is 1.62. The van der Waals surface area contributed by atoms with E-state index in [0.717, 1.165) is 55.8 Å². The van der Waals surface area contributed by atoms with Gasteiger partial charge in [0.1, 0.15) is 0 Å². The number of aryl methyl sites for hydroxylation is 1. The first-order chi connectivity index (χ1) is 16.0. The van der Waals surface area contributed by atoms with Gasteiger partial charge in [0.05, 0.1) is 20.7 Å². The summed E-state index contributed by atoms with van der Waals surface area (Å²) in [6, 6.07) is 7.96. The van der Waals surface area contributed by atoms with Crippen LogP contribution in [-0.4, -0.2) is 36.9 Å². The van der Waals surface area contributed by atoms with Crippen molar-refractivity contribution in [2.75, 3.05) is 17.8 Å². The first-order valence-corrected chi connectivity index (χ1v) is 13.0. The second kappa shape index (κ2) is 9.41. The molecule has 1 amide bonds. The van der Waals surface area contributed by atoms with Crippen molar-refractivity contribution in [3.05, 3.63) is 57.7 Å². The van der Waals surface area contributed by atoms with Gasteiger partial charge in [-0.25, -0.2) is 8.42 Å². The van der Waals surface area contributed by atoms with Gasteiger partial charge in [0.2, 0.25) is 5.91 Å². The van der Waals surface area contributed by atoms with Crippen molar-refractivity contribution in [2.45, 2.75) is 43.3 Å². The van der Waals surface area contributed by atoms with Crippen molar-refractivity contribution >= 4 is 43.2 Å². The van der Waals surface area contributed by atoms with Crippen LogP contribution in [-0.2, 0) is 27.5 Å². The minimum absolute atomic E-state index is 0.0181. The molecule has 1 saturated heterocycles. The number of alkyl halides is 3. The van der Waals surface area contributed by atoms with Crippen LogP contribution in [0.1, 0.15) is 31.2 Å². The first-order valence-electron chi connectivity index (χ1n) is 10.7. The summed E-state index contributed by atoms with van der Waals surface area (Å²) in [5.74, 6) is -0.0181. The van der Waals surface area contributed by atoms with Gasteiger partial charge in [0.25, 0.3) is 10.0 Å². The highest BCUT2D eigenvalue weighted by molar-refractivity contribution is 7.92. The highest BCUT2D eigenvalue weighted by Crippen LogP contribution is 2.31. The molecule has 34 heavy (non-hydrogen) atoms. The maximum Gasteiger partial charge on any atom is 0.416 e. The number of amides is 1. The van der Waals surface area contributed by atoms with E-state index in [1.807, 2.05) is 0 Å². The molecule has 0 bridgehead atoms. The third kappa shape index (κ3) is 5.27. The smallest absolute Gasteiger partial charge is 0.343 e. The maximum atomic E-state index is 12.9. The summed E-state index contributed by atoms with van der Waals surface area (Å²) < 4.78 is 68.3. The molecule has 0 spiro atoms. The zero-order valence-electron chi connectivity index (χ0n) is 18.0. The number of carbonyl (C=O) groups excluding carboxylic acids is 1. The average molecular weight is 514 g/mol. The van der Waals surface area contributed by atoms with E-state index in [0.29, 0.717) is 16.3 Å². The Morgan fingerprint density at radius 1 is 1.06 bits per heavy atom.